The molecule has 2 amide bonds. The second-order valence-electron chi connectivity index (χ2n) is 7.14. The molecule has 0 aliphatic carbocycles. The van der Waals surface area contributed by atoms with E-state index in [9.17, 15) is 24.1 Å². The van der Waals surface area contributed by atoms with Crippen LogP contribution in [0.5, 0.6) is 5.75 Å². The second kappa shape index (κ2) is 9.66. The van der Waals surface area contributed by atoms with Crippen LogP contribution in [0.2, 0.25) is 0 Å². The van der Waals surface area contributed by atoms with Crippen molar-refractivity contribution in [1.82, 2.24) is 4.90 Å². The lowest BCUT2D eigenvalue weighted by Gasteiger charge is -2.12. The van der Waals surface area contributed by atoms with Gasteiger partial charge in [0.2, 0.25) is 0 Å². The predicted molar refractivity (Wildman–Crippen MR) is 122 cm³/mol. The number of hydrogen-bond acceptors (Lipinski definition) is 6. The summed E-state index contributed by atoms with van der Waals surface area (Å²) >= 11 is 0.790. The van der Waals surface area contributed by atoms with E-state index in [4.69, 9.17) is 4.74 Å². The molecule has 0 saturated carbocycles. The van der Waals surface area contributed by atoms with Crippen molar-refractivity contribution in [2.75, 3.05) is 0 Å². The van der Waals surface area contributed by atoms with Gasteiger partial charge in [-0.05, 0) is 53.2 Å². The Labute approximate surface area is 192 Å². The number of amides is 2. The molecule has 0 unspecified atom stereocenters. The molecule has 0 spiro atoms. The van der Waals surface area contributed by atoms with Gasteiger partial charge < -0.3 is 4.74 Å². The highest BCUT2D eigenvalue weighted by molar-refractivity contribution is 8.18. The summed E-state index contributed by atoms with van der Waals surface area (Å²) in [5.41, 5.74) is 1.67. The van der Waals surface area contributed by atoms with Crippen molar-refractivity contribution in [3.8, 4) is 5.75 Å². The van der Waals surface area contributed by atoms with Gasteiger partial charge in [-0.15, -0.1) is 0 Å². The first-order chi connectivity index (χ1) is 15.9. The number of ether oxygens (including phenoxy) is 1. The quantitative estimate of drug-likeness (QED) is 0.259. The van der Waals surface area contributed by atoms with Gasteiger partial charge in [-0.3, -0.25) is 24.6 Å². The molecule has 166 valence electrons. The van der Waals surface area contributed by atoms with E-state index < -0.39 is 16.1 Å². The zero-order chi connectivity index (χ0) is 23.4. The molecule has 3 aromatic carbocycles. The van der Waals surface area contributed by atoms with Crippen LogP contribution in [0, 0.1) is 15.9 Å². The molecule has 1 aliphatic rings. The molecule has 0 atom stereocenters. The van der Waals surface area contributed by atoms with Crippen LogP contribution >= 0.6 is 11.8 Å². The van der Waals surface area contributed by atoms with Crippen molar-refractivity contribution in [2.24, 2.45) is 0 Å². The van der Waals surface area contributed by atoms with Gasteiger partial charge in [0.25, 0.3) is 16.8 Å². The standard InChI is InChI=1S/C24H17FN2O5S/c25-19-9-5-17(6-10-19)15-32-20-11-7-16(8-12-20)13-22-23(28)26(24(29)33-22)14-18-3-1-2-4-21(18)27(30)31/h1-13H,14-15H2/b22-13-. The molecule has 3 aromatic rings. The van der Waals surface area contributed by atoms with Gasteiger partial charge in [-0.1, -0.05) is 42.5 Å². The van der Waals surface area contributed by atoms with E-state index in [1.54, 1.807) is 48.5 Å². The first kappa shape index (κ1) is 22.2. The van der Waals surface area contributed by atoms with E-state index in [2.05, 4.69) is 0 Å². The van der Waals surface area contributed by atoms with Crippen LogP contribution in [0.25, 0.3) is 6.08 Å². The maximum absolute atomic E-state index is 13.0. The summed E-state index contributed by atoms with van der Waals surface area (Å²) in [5.74, 6) is -0.213. The first-order valence-electron chi connectivity index (χ1n) is 9.86. The largest absolute Gasteiger partial charge is 0.489 e. The number of benzene rings is 3. The van der Waals surface area contributed by atoms with Gasteiger partial charge in [0.05, 0.1) is 16.4 Å². The molecule has 1 saturated heterocycles. The van der Waals surface area contributed by atoms with Crippen molar-refractivity contribution in [2.45, 2.75) is 13.2 Å². The fourth-order valence-corrected chi connectivity index (χ4v) is 4.03. The van der Waals surface area contributed by atoms with Crippen molar-refractivity contribution >= 4 is 34.7 Å². The van der Waals surface area contributed by atoms with E-state index in [1.807, 2.05) is 0 Å². The Kier molecular flexibility index (Phi) is 6.50. The van der Waals surface area contributed by atoms with Crippen molar-refractivity contribution in [3.63, 3.8) is 0 Å². The third kappa shape index (κ3) is 5.27. The molecule has 0 N–H and O–H groups in total. The number of thioether (sulfide) groups is 1. The number of carbonyl (C=O) groups is 2. The van der Waals surface area contributed by atoms with Crippen LogP contribution in [-0.4, -0.2) is 21.0 Å². The van der Waals surface area contributed by atoms with Crippen molar-refractivity contribution in [3.05, 3.63) is 110 Å². The highest BCUT2D eigenvalue weighted by atomic mass is 32.2. The molecule has 4 rings (SSSR count). The smallest absolute Gasteiger partial charge is 0.293 e. The SMILES string of the molecule is O=C1S/C(=C\c2ccc(OCc3ccc(F)cc3)cc2)C(=O)N1Cc1ccccc1[N+](=O)[O-]. The van der Waals surface area contributed by atoms with E-state index in [0.717, 1.165) is 22.2 Å². The van der Waals surface area contributed by atoms with E-state index in [0.29, 0.717) is 11.3 Å². The third-order valence-electron chi connectivity index (χ3n) is 4.89. The monoisotopic (exact) mass is 464 g/mol. The van der Waals surface area contributed by atoms with Crippen LogP contribution in [0.4, 0.5) is 14.9 Å². The Balaban J connectivity index is 1.43. The van der Waals surface area contributed by atoms with Crippen LogP contribution in [0.3, 0.4) is 0 Å². The van der Waals surface area contributed by atoms with Crippen molar-refractivity contribution in [1.29, 1.82) is 0 Å². The number of halogens is 1. The van der Waals surface area contributed by atoms with E-state index in [-0.39, 0.29) is 35.1 Å². The molecule has 1 fully saturated rings. The van der Waals surface area contributed by atoms with Gasteiger partial charge in [0.15, 0.2) is 0 Å². The lowest BCUT2D eigenvalue weighted by molar-refractivity contribution is -0.385. The molecule has 33 heavy (non-hydrogen) atoms. The summed E-state index contributed by atoms with van der Waals surface area (Å²) in [7, 11) is 0. The molecule has 1 heterocycles. The molecule has 7 nitrogen and oxygen atoms in total. The van der Waals surface area contributed by atoms with Gasteiger partial charge in [0, 0.05) is 11.6 Å². The number of carbonyl (C=O) groups excluding carboxylic acids is 2. The first-order valence-corrected chi connectivity index (χ1v) is 10.7. The zero-order valence-electron chi connectivity index (χ0n) is 17.1. The minimum absolute atomic E-state index is 0.142. The maximum atomic E-state index is 13.0. The summed E-state index contributed by atoms with van der Waals surface area (Å²) in [6.07, 6.45) is 1.59. The van der Waals surface area contributed by atoms with Crippen LogP contribution in [-0.2, 0) is 17.9 Å². The fourth-order valence-electron chi connectivity index (χ4n) is 3.19. The number of nitro benzene ring substituents is 1. The Morgan fingerprint density at radius 2 is 1.70 bits per heavy atom. The lowest BCUT2D eigenvalue weighted by atomic mass is 10.1. The number of nitro groups is 1. The minimum atomic E-state index is -0.538. The van der Waals surface area contributed by atoms with Gasteiger partial charge in [-0.25, -0.2) is 4.39 Å². The van der Waals surface area contributed by atoms with Gasteiger partial charge >= 0.3 is 0 Å². The normalized spacial score (nSPS) is 14.7. The van der Waals surface area contributed by atoms with Crippen molar-refractivity contribution < 1.29 is 23.6 Å². The summed E-state index contributed by atoms with van der Waals surface area (Å²) in [6, 6.07) is 19.0. The molecule has 9 heteroatoms. The molecular formula is C24H17FN2O5S. The number of para-hydroxylation sites is 1. The fraction of sp³-hybridized carbons (Fsp3) is 0.0833. The van der Waals surface area contributed by atoms with E-state index in [1.165, 1.54) is 30.3 Å². The second-order valence-corrected chi connectivity index (χ2v) is 8.13. The Bertz CT molecular complexity index is 1240. The minimum Gasteiger partial charge on any atom is -0.489 e. The van der Waals surface area contributed by atoms with Crippen LogP contribution in [0.15, 0.2) is 77.7 Å². The molecule has 0 bridgehead atoms. The number of imide groups is 1. The zero-order valence-corrected chi connectivity index (χ0v) is 18.0. The molecule has 1 aliphatic heterocycles. The number of nitrogens with zero attached hydrogens (tertiary/aromatic N) is 2. The molecule has 0 radical (unpaired) electrons. The average molecular weight is 464 g/mol. The summed E-state index contributed by atoms with van der Waals surface area (Å²) in [6.45, 7) is 0.111. The highest BCUT2D eigenvalue weighted by Gasteiger charge is 2.36. The third-order valence-corrected chi connectivity index (χ3v) is 5.79. The van der Waals surface area contributed by atoms with Gasteiger partial charge in [0.1, 0.15) is 18.2 Å². The lowest BCUT2D eigenvalue weighted by Crippen LogP contribution is -2.27. The summed E-state index contributed by atoms with van der Waals surface area (Å²) in [5, 5.41) is 10.7. The van der Waals surface area contributed by atoms with E-state index >= 15 is 0 Å². The number of hydrogen-bond donors (Lipinski definition) is 0. The maximum Gasteiger partial charge on any atom is 0.293 e. The highest BCUT2D eigenvalue weighted by Crippen LogP contribution is 2.34. The topological polar surface area (TPSA) is 89.8 Å². The average Bonchev–Trinajstić information content (AvgIpc) is 3.07. The predicted octanol–water partition coefficient (Wildman–Crippen LogP) is 5.55. The number of rotatable bonds is 7. The summed E-state index contributed by atoms with van der Waals surface area (Å²) in [4.78, 5) is 37.0. The van der Waals surface area contributed by atoms with Gasteiger partial charge in [-0.2, -0.15) is 0 Å². The Morgan fingerprint density at radius 3 is 2.39 bits per heavy atom. The molecule has 0 aromatic heterocycles. The Morgan fingerprint density at radius 1 is 1.00 bits per heavy atom. The van der Waals surface area contributed by atoms with Crippen LogP contribution in [0.1, 0.15) is 16.7 Å². The van der Waals surface area contributed by atoms with Crippen LogP contribution < -0.4 is 4.74 Å². The summed E-state index contributed by atoms with van der Waals surface area (Å²) < 4.78 is 18.6. The Hall–Kier alpha value is -3.98. The molecular weight excluding hydrogens is 447 g/mol.